The van der Waals surface area contributed by atoms with Gasteiger partial charge in [-0.3, -0.25) is 9.69 Å². The number of ether oxygens (including phenoxy) is 1. The number of aromatic nitrogens is 2. The maximum Gasteiger partial charge on any atom is 0.292 e. The van der Waals surface area contributed by atoms with Crippen LogP contribution < -0.4 is 10.1 Å². The molecule has 2 aliphatic heterocycles. The number of fused-ring (bicyclic) bond motifs is 3. The molecule has 2 aromatic rings. The number of hydrogen-bond donors (Lipinski definition) is 1. The minimum atomic E-state index is -0.337. The Morgan fingerprint density at radius 3 is 2.84 bits per heavy atom. The molecule has 1 aromatic carbocycles. The van der Waals surface area contributed by atoms with Crippen molar-refractivity contribution in [3.63, 3.8) is 0 Å². The van der Waals surface area contributed by atoms with Crippen molar-refractivity contribution in [3.8, 4) is 5.75 Å². The Kier molecular flexibility index (Phi) is 8.12. The fourth-order valence-electron chi connectivity index (χ4n) is 4.73. The average Bonchev–Trinajstić information content (AvgIpc) is 3.28. The Bertz CT molecular complexity index is 871. The summed E-state index contributed by atoms with van der Waals surface area (Å²) >= 11 is 0. The maximum absolute atomic E-state index is 11.7. The number of hydrogen-bond acceptors (Lipinski definition) is 7. The predicted molar refractivity (Wildman–Crippen MR) is 122 cm³/mol. The van der Waals surface area contributed by atoms with Gasteiger partial charge < -0.3 is 19.5 Å². The van der Waals surface area contributed by atoms with E-state index in [4.69, 9.17) is 9.26 Å². The fraction of sp³-hybridized carbons (Fsp3) is 0.625. The van der Waals surface area contributed by atoms with E-state index in [1.165, 1.54) is 44.2 Å². The lowest BCUT2D eigenvalue weighted by atomic mass is 9.95. The second kappa shape index (κ2) is 11.4. The first-order chi connectivity index (χ1) is 15.7. The van der Waals surface area contributed by atoms with Crippen molar-refractivity contribution >= 4 is 5.91 Å². The number of carbonyl (C=O) groups is 1. The standard InChI is InChI=1S/C24H35N5O3/c1-25-24(30)23-26-22(32-27-23)18-28-12-4-5-14-29-13-3-2-8-20(29)11-10-19-7-6-9-21(17-19)31-16-15-28/h6-7,9,17,20H,2-5,8,10-16,18H2,1H3,(H,25,30). The largest absolute Gasteiger partial charge is 0.492 e. The smallest absolute Gasteiger partial charge is 0.292 e. The van der Waals surface area contributed by atoms with Crippen molar-refractivity contribution in [3.05, 3.63) is 41.5 Å². The van der Waals surface area contributed by atoms with E-state index in [2.05, 4.69) is 43.5 Å². The van der Waals surface area contributed by atoms with Gasteiger partial charge in [0.25, 0.3) is 11.7 Å². The van der Waals surface area contributed by atoms with Gasteiger partial charge in [-0.25, -0.2) is 0 Å². The molecule has 1 atom stereocenters. The van der Waals surface area contributed by atoms with Crippen molar-refractivity contribution in [2.45, 2.75) is 57.5 Å². The number of aryl methyl sites for hydroxylation is 1. The molecule has 32 heavy (non-hydrogen) atoms. The summed E-state index contributed by atoms with van der Waals surface area (Å²) in [6.45, 7) is 5.18. The van der Waals surface area contributed by atoms with Crippen LogP contribution in [0.25, 0.3) is 0 Å². The van der Waals surface area contributed by atoms with E-state index in [9.17, 15) is 4.79 Å². The van der Waals surface area contributed by atoms with Gasteiger partial charge in [-0.15, -0.1) is 0 Å². The van der Waals surface area contributed by atoms with E-state index in [1.807, 2.05) is 6.07 Å². The van der Waals surface area contributed by atoms with Crippen molar-refractivity contribution in [2.24, 2.45) is 0 Å². The highest BCUT2D eigenvalue weighted by molar-refractivity contribution is 5.89. The van der Waals surface area contributed by atoms with Crippen LogP contribution in [0.5, 0.6) is 5.75 Å². The van der Waals surface area contributed by atoms with Gasteiger partial charge in [-0.2, -0.15) is 4.98 Å². The van der Waals surface area contributed by atoms with E-state index >= 15 is 0 Å². The minimum Gasteiger partial charge on any atom is -0.492 e. The first-order valence-corrected chi connectivity index (χ1v) is 11.9. The number of benzene rings is 1. The van der Waals surface area contributed by atoms with Gasteiger partial charge in [0.2, 0.25) is 5.89 Å². The molecule has 0 aliphatic carbocycles. The Balaban J connectivity index is 1.43. The van der Waals surface area contributed by atoms with Gasteiger partial charge in [-0.05, 0) is 75.9 Å². The van der Waals surface area contributed by atoms with Gasteiger partial charge in [0.1, 0.15) is 12.4 Å². The van der Waals surface area contributed by atoms with Gasteiger partial charge in [0, 0.05) is 19.6 Å². The molecule has 0 saturated carbocycles. The Hall–Kier alpha value is -2.45. The van der Waals surface area contributed by atoms with Crippen LogP contribution in [0, 0.1) is 0 Å². The fourth-order valence-corrected chi connectivity index (χ4v) is 4.73. The summed E-state index contributed by atoms with van der Waals surface area (Å²) in [7, 11) is 1.56. The van der Waals surface area contributed by atoms with Crippen LogP contribution in [0.2, 0.25) is 0 Å². The predicted octanol–water partition coefficient (Wildman–Crippen LogP) is 2.89. The zero-order valence-electron chi connectivity index (χ0n) is 19.1. The van der Waals surface area contributed by atoms with Crippen LogP contribution in [0.1, 0.15) is 60.6 Å². The lowest BCUT2D eigenvalue weighted by Gasteiger charge is -2.36. The highest BCUT2D eigenvalue weighted by Gasteiger charge is 2.22. The van der Waals surface area contributed by atoms with E-state index in [1.54, 1.807) is 7.05 Å². The molecule has 8 nitrogen and oxygen atoms in total. The summed E-state index contributed by atoms with van der Waals surface area (Å²) in [6, 6.07) is 9.22. The number of amides is 1. The molecule has 1 unspecified atom stereocenters. The first kappa shape index (κ1) is 22.7. The lowest BCUT2D eigenvalue weighted by molar-refractivity contribution is 0.0950. The number of nitrogens with zero attached hydrogens (tertiary/aromatic N) is 4. The number of rotatable bonds is 3. The molecule has 1 aromatic heterocycles. The second-order valence-electron chi connectivity index (χ2n) is 8.79. The first-order valence-electron chi connectivity index (χ1n) is 11.9. The van der Waals surface area contributed by atoms with E-state index in [-0.39, 0.29) is 11.7 Å². The SMILES string of the molecule is CNC(=O)c1noc(CN2CCCCN3CCCCC3CCc3cccc(c3)OCC2)n1. The summed E-state index contributed by atoms with van der Waals surface area (Å²) < 4.78 is 11.4. The molecule has 4 rings (SSSR count). The Labute approximate surface area is 190 Å². The summed E-state index contributed by atoms with van der Waals surface area (Å²) in [5.74, 6) is 1.12. The summed E-state index contributed by atoms with van der Waals surface area (Å²) in [4.78, 5) is 21.0. The minimum absolute atomic E-state index is 0.0741. The third-order valence-electron chi connectivity index (χ3n) is 6.52. The highest BCUT2D eigenvalue weighted by atomic mass is 16.5. The van der Waals surface area contributed by atoms with Gasteiger partial charge >= 0.3 is 0 Å². The molecule has 8 heteroatoms. The van der Waals surface area contributed by atoms with Crippen LogP contribution >= 0.6 is 0 Å². The van der Waals surface area contributed by atoms with Crippen molar-refractivity contribution in [2.75, 3.05) is 39.8 Å². The normalized spacial score (nSPS) is 21.6. The second-order valence-corrected chi connectivity index (χ2v) is 8.79. The van der Waals surface area contributed by atoms with Crippen LogP contribution in [0.3, 0.4) is 0 Å². The Morgan fingerprint density at radius 2 is 1.97 bits per heavy atom. The zero-order chi connectivity index (χ0) is 22.2. The summed E-state index contributed by atoms with van der Waals surface area (Å²) in [5, 5.41) is 6.31. The molecular weight excluding hydrogens is 406 g/mol. The molecule has 0 spiro atoms. The van der Waals surface area contributed by atoms with Crippen molar-refractivity contribution in [1.29, 1.82) is 0 Å². The maximum atomic E-state index is 11.7. The average molecular weight is 442 g/mol. The van der Waals surface area contributed by atoms with Crippen molar-refractivity contribution in [1.82, 2.24) is 25.3 Å². The molecule has 3 heterocycles. The third kappa shape index (κ3) is 6.29. The van der Waals surface area contributed by atoms with Gasteiger partial charge in [-0.1, -0.05) is 23.7 Å². The summed E-state index contributed by atoms with van der Waals surface area (Å²) in [6.07, 6.45) is 8.59. The van der Waals surface area contributed by atoms with Gasteiger partial charge in [0.15, 0.2) is 0 Å². The topological polar surface area (TPSA) is 83.7 Å². The molecule has 0 radical (unpaired) electrons. The monoisotopic (exact) mass is 441 g/mol. The number of nitrogens with one attached hydrogen (secondary N) is 1. The third-order valence-corrected chi connectivity index (χ3v) is 6.52. The molecule has 1 fully saturated rings. The lowest BCUT2D eigenvalue weighted by Crippen LogP contribution is -2.40. The molecular formula is C24H35N5O3. The zero-order valence-corrected chi connectivity index (χ0v) is 19.1. The molecule has 1 N–H and O–H groups in total. The van der Waals surface area contributed by atoms with E-state index < -0.39 is 0 Å². The van der Waals surface area contributed by atoms with E-state index in [0.717, 1.165) is 38.2 Å². The summed E-state index contributed by atoms with van der Waals surface area (Å²) in [5.41, 5.74) is 1.35. The molecule has 1 saturated heterocycles. The van der Waals surface area contributed by atoms with Crippen LogP contribution in [0.4, 0.5) is 0 Å². The van der Waals surface area contributed by atoms with Crippen LogP contribution in [-0.4, -0.2) is 71.7 Å². The highest BCUT2D eigenvalue weighted by Crippen LogP contribution is 2.23. The van der Waals surface area contributed by atoms with E-state index in [0.29, 0.717) is 25.1 Å². The molecule has 174 valence electrons. The van der Waals surface area contributed by atoms with Gasteiger partial charge in [0.05, 0.1) is 6.54 Å². The number of carbonyl (C=O) groups excluding carboxylic acids is 1. The molecule has 2 aliphatic rings. The molecule has 1 amide bonds. The Morgan fingerprint density at radius 1 is 1.12 bits per heavy atom. The molecule has 2 bridgehead atoms. The number of piperidine rings is 1. The van der Waals surface area contributed by atoms with Crippen LogP contribution in [0.15, 0.2) is 28.8 Å². The quantitative estimate of drug-likeness (QED) is 0.784. The van der Waals surface area contributed by atoms with Crippen LogP contribution in [-0.2, 0) is 13.0 Å². The van der Waals surface area contributed by atoms with Crippen molar-refractivity contribution < 1.29 is 14.1 Å².